The third kappa shape index (κ3) is 5.97. The molecule has 0 bridgehead atoms. The van der Waals surface area contributed by atoms with Crippen LogP contribution in [0.2, 0.25) is 0 Å². The zero-order chi connectivity index (χ0) is 21.0. The van der Waals surface area contributed by atoms with E-state index in [2.05, 4.69) is 17.2 Å². The number of carbonyl (C=O) groups is 1. The molecule has 1 amide bonds. The fourth-order valence-corrected chi connectivity index (χ4v) is 3.93. The van der Waals surface area contributed by atoms with Crippen molar-refractivity contribution in [1.29, 1.82) is 0 Å². The van der Waals surface area contributed by atoms with Gasteiger partial charge in [-0.25, -0.2) is 9.97 Å². The maximum atomic E-state index is 12.6. The molecular weight excluding hydrogens is 366 g/mol. The van der Waals surface area contributed by atoms with Crippen molar-refractivity contribution in [3.63, 3.8) is 0 Å². The molecule has 0 spiro atoms. The second-order valence-corrected chi connectivity index (χ2v) is 9.12. The lowest BCUT2D eigenvalue weighted by molar-refractivity contribution is 0.0695. The molecule has 1 aromatic heterocycles. The normalized spacial score (nSPS) is 21.1. The minimum Gasteiger partial charge on any atom is -0.393 e. The van der Waals surface area contributed by atoms with Gasteiger partial charge in [-0.2, -0.15) is 0 Å². The fraction of sp³-hybridized carbons (Fsp3) is 0.609. The lowest BCUT2D eigenvalue weighted by Crippen LogP contribution is -2.38. The molecule has 6 heteroatoms. The lowest BCUT2D eigenvalue weighted by atomic mass is 9.83. The highest BCUT2D eigenvalue weighted by molar-refractivity contribution is 6.05. The summed E-state index contributed by atoms with van der Waals surface area (Å²) >= 11 is 0. The summed E-state index contributed by atoms with van der Waals surface area (Å²) < 4.78 is 0. The zero-order valence-electron chi connectivity index (χ0n) is 17.7. The van der Waals surface area contributed by atoms with Crippen molar-refractivity contribution in [2.75, 3.05) is 6.54 Å². The average Bonchev–Trinajstić information content (AvgIpc) is 2.70. The van der Waals surface area contributed by atoms with Crippen LogP contribution >= 0.6 is 0 Å². The summed E-state index contributed by atoms with van der Waals surface area (Å²) in [5.41, 5.74) is 0.187. The van der Waals surface area contributed by atoms with Gasteiger partial charge in [0, 0.05) is 24.0 Å². The molecule has 0 unspecified atom stereocenters. The third-order valence-electron chi connectivity index (χ3n) is 5.82. The van der Waals surface area contributed by atoms with Gasteiger partial charge in [0.15, 0.2) is 0 Å². The zero-order valence-corrected chi connectivity index (χ0v) is 17.7. The predicted octanol–water partition coefficient (Wildman–Crippen LogP) is 3.57. The number of aliphatic hydroxyl groups excluding tert-OH is 1. The van der Waals surface area contributed by atoms with Crippen LogP contribution in [0.3, 0.4) is 0 Å². The van der Waals surface area contributed by atoms with Crippen LogP contribution in [0.25, 0.3) is 10.9 Å². The van der Waals surface area contributed by atoms with Crippen molar-refractivity contribution >= 4 is 16.8 Å². The van der Waals surface area contributed by atoms with Gasteiger partial charge in [-0.05, 0) is 64.4 Å². The molecule has 0 saturated heterocycles. The van der Waals surface area contributed by atoms with E-state index in [1.54, 1.807) is 26.1 Å². The number of amides is 1. The largest absolute Gasteiger partial charge is 0.393 e. The number of para-hydroxylation sites is 1. The molecule has 0 aliphatic heterocycles. The highest BCUT2D eigenvalue weighted by Crippen LogP contribution is 2.31. The first kappa shape index (κ1) is 21.7. The summed E-state index contributed by atoms with van der Waals surface area (Å²) in [6.45, 7) is 5.62. The van der Waals surface area contributed by atoms with E-state index in [1.807, 2.05) is 12.1 Å². The van der Waals surface area contributed by atoms with Crippen LogP contribution in [-0.2, 0) is 0 Å². The van der Waals surface area contributed by atoms with Crippen LogP contribution in [0.5, 0.6) is 0 Å². The number of aliphatic hydroxyl groups is 2. The highest BCUT2D eigenvalue weighted by Gasteiger charge is 2.21. The molecule has 0 radical (unpaired) electrons. The van der Waals surface area contributed by atoms with E-state index in [9.17, 15) is 15.0 Å². The Morgan fingerprint density at radius 1 is 1.28 bits per heavy atom. The number of benzene rings is 1. The van der Waals surface area contributed by atoms with Gasteiger partial charge in [-0.3, -0.25) is 4.79 Å². The van der Waals surface area contributed by atoms with Crippen LogP contribution < -0.4 is 5.32 Å². The number of rotatable bonds is 7. The predicted molar refractivity (Wildman–Crippen MR) is 114 cm³/mol. The number of nitrogens with one attached hydrogen (secondary N) is 1. The fourth-order valence-electron chi connectivity index (χ4n) is 3.93. The van der Waals surface area contributed by atoms with Crippen molar-refractivity contribution in [3.05, 3.63) is 35.8 Å². The van der Waals surface area contributed by atoms with Crippen molar-refractivity contribution in [2.45, 2.75) is 76.9 Å². The van der Waals surface area contributed by atoms with Gasteiger partial charge in [0.05, 0.1) is 22.8 Å². The maximum Gasteiger partial charge on any atom is 0.253 e. The van der Waals surface area contributed by atoms with Gasteiger partial charge >= 0.3 is 0 Å². The van der Waals surface area contributed by atoms with Crippen LogP contribution in [-0.4, -0.2) is 44.3 Å². The number of fused-ring (bicyclic) bond motifs is 1. The highest BCUT2D eigenvalue weighted by atomic mass is 16.3. The van der Waals surface area contributed by atoms with Crippen LogP contribution in [0.15, 0.2) is 24.4 Å². The van der Waals surface area contributed by atoms with E-state index in [4.69, 9.17) is 4.98 Å². The topological polar surface area (TPSA) is 95.3 Å². The molecule has 1 aliphatic carbocycles. The molecule has 1 aromatic carbocycles. The second-order valence-electron chi connectivity index (χ2n) is 9.12. The number of nitrogens with zero attached hydrogens (tertiary/aromatic N) is 2. The first-order chi connectivity index (χ1) is 13.7. The Labute approximate surface area is 172 Å². The number of carbonyl (C=O) groups excluding carboxylic acids is 1. The molecule has 29 heavy (non-hydrogen) atoms. The van der Waals surface area contributed by atoms with Gasteiger partial charge in [0.25, 0.3) is 5.91 Å². The molecule has 1 aliphatic rings. The molecule has 158 valence electrons. The Kier molecular flexibility index (Phi) is 6.85. The monoisotopic (exact) mass is 399 g/mol. The van der Waals surface area contributed by atoms with Crippen molar-refractivity contribution in [1.82, 2.24) is 15.3 Å². The SMILES string of the molecule is C[C@@H](CCC1CCC(O)CC1)c1ncc2cccc(C(=O)NCC(C)(C)O)c2n1. The van der Waals surface area contributed by atoms with E-state index in [-0.39, 0.29) is 24.5 Å². The van der Waals surface area contributed by atoms with Crippen LogP contribution in [0.4, 0.5) is 0 Å². The molecule has 1 heterocycles. The van der Waals surface area contributed by atoms with Gasteiger partial charge in [0.2, 0.25) is 0 Å². The summed E-state index contributed by atoms with van der Waals surface area (Å²) in [4.78, 5) is 21.9. The quantitative estimate of drug-likeness (QED) is 0.662. The molecule has 6 nitrogen and oxygen atoms in total. The van der Waals surface area contributed by atoms with Crippen LogP contribution in [0.1, 0.15) is 81.4 Å². The third-order valence-corrected chi connectivity index (χ3v) is 5.82. The number of hydrogen-bond acceptors (Lipinski definition) is 5. The Morgan fingerprint density at radius 2 is 2.00 bits per heavy atom. The van der Waals surface area contributed by atoms with Gasteiger partial charge in [-0.1, -0.05) is 19.1 Å². The first-order valence-electron chi connectivity index (χ1n) is 10.7. The molecule has 1 saturated carbocycles. The van der Waals surface area contributed by atoms with Gasteiger partial charge < -0.3 is 15.5 Å². The van der Waals surface area contributed by atoms with E-state index in [0.29, 0.717) is 17.0 Å². The van der Waals surface area contributed by atoms with Crippen molar-refractivity contribution in [3.8, 4) is 0 Å². The van der Waals surface area contributed by atoms with E-state index in [0.717, 1.165) is 49.7 Å². The van der Waals surface area contributed by atoms with Gasteiger partial charge in [0.1, 0.15) is 5.82 Å². The number of hydrogen-bond donors (Lipinski definition) is 3. The molecule has 3 rings (SSSR count). The Morgan fingerprint density at radius 3 is 2.69 bits per heavy atom. The minimum atomic E-state index is -0.968. The standard InChI is InChI=1S/C23H33N3O3/c1-15(7-8-16-9-11-18(27)12-10-16)21-24-13-17-5-4-6-19(20(17)26-21)22(28)25-14-23(2,3)29/h4-6,13,15-16,18,27,29H,7-12,14H2,1-3H3,(H,25,28)/t15-,16?,18?/m0/s1. The van der Waals surface area contributed by atoms with Crippen LogP contribution in [0, 0.1) is 5.92 Å². The Hall–Kier alpha value is -2.05. The van der Waals surface area contributed by atoms with Crippen molar-refractivity contribution in [2.24, 2.45) is 5.92 Å². The molecule has 1 fully saturated rings. The molecule has 3 N–H and O–H groups in total. The molecule has 2 aromatic rings. The van der Waals surface area contributed by atoms with E-state index >= 15 is 0 Å². The molecular formula is C23H33N3O3. The van der Waals surface area contributed by atoms with Crippen molar-refractivity contribution < 1.29 is 15.0 Å². The second kappa shape index (κ2) is 9.18. The number of aromatic nitrogens is 2. The average molecular weight is 400 g/mol. The van der Waals surface area contributed by atoms with E-state index in [1.165, 1.54) is 0 Å². The van der Waals surface area contributed by atoms with Gasteiger partial charge in [-0.15, -0.1) is 0 Å². The summed E-state index contributed by atoms with van der Waals surface area (Å²) in [6, 6.07) is 5.49. The summed E-state index contributed by atoms with van der Waals surface area (Å²) in [7, 11) is 0. The maximum absolute atomic E-state index is 12.6. The smallest absolute Gasteiger partial charge is 0.253 e. The molecule has 1 atom stereocenters. The van der Waals surface area contributed by atoms with E-state index < -0.39 is 5.60 Å². The Balaban J connectivity index is 1.71. The summed E-state index contributed by atoms with van der Waals surface area (Å²) in [5, 5.41) is 23.2. The lowest BCUT2D eigenvalue weighted by Gasteiger charge is -2.26. The summed E-state index contributed by atoms with van der Waals surface area (Å²) in [5.74, 6) is 1.40. The minimum absolute atomic E-state index is 0.117. The Bertz CT molecular complexity index is 839. The summed E-state index contributed by atoms with van der Waals surface area (Å²) in [6.07, 6.45) is 7.80. The first-order valence-corrected chi connectivity index (χ1v) is 10.7.